The summed E-state index contributed by atoms with van der Waals surface area (Å²) in [5, 5.41) is 3.22. The van der Waals surface area contributed by atoms with Crippen LogP contribution in [-0.4, -0.2) is 62.7 Å². The number of hydrogen-bond donors (Lipinski definition) is 1. The molecule has 0 radical (unpaired) electrons. The van der Waals surface area contributed by atoms with E-state index in [9.17, 15) is 0 Å². The van der Waals surface area contributed by atoms with Crippen molar-refractivity contribution in [1.82, 2.24) is 15.1 Å². The second-order valence-electron chi connectivity index (χ2n) is 4.12. The summed E-state index contributed by atoms with van der Waals surface area (Å²) >= 11 is 0. The molecule has 1 N–H and O–H groups in total. The summed E-state index contributed by atoms with van der Waals surface area (Å²) in [7, 11) is 4.22. The van der Waals surface area contributed by atoms with Gasteiger partial charge in [-0.1, -0.05) is 12.8 Å². The van der Waals surface area contributed by atoms with Gasteiger partial charge >= 0.3 is 0 Å². The highest BCUT2D eigenvalue weighted by Crippen LogP contribution is 1.98. The molecule has 0 aliphatic heterocycles. The van der Waals surface area contributed by atoms with E-state index in [2.05, 4.69) is 49.0 Å². The lowest BCUT2D eigenvalue weighted by Crippen LogP contribution is -2.43. The van der Waals surface area contributed by atoms with Crippen molar-refractivity contribution in [3.8, 4) is 12.3 Å². The lowest BCUT2D eigenvalue weighted by atomic mass is 10.2. The van der Waals surface area contributed by atoms with Crippen LogP contribution in [0.1, 0.15) is 13.8 Å². The van der Waals surface area contributed by atoms with Gasteiger partial charge in [-0.15, -0.1) is 6.42 Å². The Hall–Kier alpha value is -0.560. The molecule has 0 bridgehead atoms. The summed E-state index contributed by atoms with van der Waals surface area (Å²) in [6.45, 7) is 9.36. The van der Waals surface area contributed by atoms with Crippen molar-refractivity contribution >= 4 is 0 Å². The van der Waals surface area contributed by atoms with Crippen LogP contribution in [0, 0.1) is 12.3 Å². The molecule has 88 valence electrons. The number of rotatable bonds is 8. The minimum absolute atomic E-state index is 0.595. The van der Waals surface area contributed by atoms with E-state index in [1.165, 1.54) is 0 Å². The lowest BCUT2D eigenvalue weighted by molar-refractivity contribution is 0.183. The van der Waals surface area contributed by atoms with E-state index in [4.69, 9.17) is 6.42 Å². The number of nitrogens with zero attached hydrogens (tertiary/aromatic N) is 2. The Labute approximate surface area is 94.8 Å². The van der Waals surface area contributed by atoms with E-state index in [0.717, 1.165) is 26.2 Å². The molecular formula is C12H25N3. The van der Waals surface area contributed by atoms with Gasteiger partial charge in [0.05, 0.1) is 6.54 Å². The first-order valence-corrected chi connectivity index (χ1v) is 5.64. The van der Waals surface area contributed by atoms with Gasteiger partial charge in [0.25, 0.3) is 0 Å². The van der Waals surface area contributed by atoms with Gasteiger partial charge < -0.3 is 10.2 Å². The average Bonchev–Trinajstić information content (AvgIpc) is 2.16. The molecule has 1 atom stereocenters. The van der Waals surface area contributed by atoms with Crippen LogP contribution in [0.2, 0.25) is 0 Å². The van der Waals surface area contributed by atoms with Crippen LogP contribution in [0.3, 0.4) is 0 Å². The standard InChI is InChI=1S/C12H25N3/c1-6-8-13-9-10-15(7-2)12(3)11-14(4)5/h1,12-13H,7-11H2,2-5H3. The van der Waals surface area contributed by atoms with Gasteiger partial charge in [0.2, 0.25) is 0 Å². The van der Waals surface area contributed by atoms with Gasteiger partial charge in [0.15, 0.2) is 0 Å². The molecule has 0 aliphatic rings. The zero-order valence-corrected chi connectivity index (χ0v) is 10.6. The molecule has 0 aromatic heterocycles. The molecule has 0 spiro atoms. The largest absolute Gasteiger partial charge is 0.308 e. The summed E-state index contributed by atoms with van der Waals surface area (Å²) in [6.07, 6.45) is 5.17. The third-order valence-electron chi connectivity index (χ3n) is 2.46. The highest BCUT2D eigenvalue weighted by atomic mass is 15.2. The quantitative estimate of drug-likeness (QED) is 0.465. The molecule has 0 fully saturated rings. The fraction of sp³-hybridized carbons (Fsp3) is 0.833. The van der Waals surface area contributed by atoms with E-state index in [0.29, 0.717) is 12.6 Å². The second kappa shape index (κ2) is 8.72. The Balaban J connectivity index is 3.75. The summed E-state index contributed by atoms with van der Waals surface area (Å²) in [5.74, 6) is 2.58. The molecule has 0 amide bonds. The number of likely N-dealkylation sites (N-methyl/N-ethyl adjacent to an activating group) is 2. The van der Waals surface area contributed by atoms with E-state index in [1.807, 2.05) is 0 Å². The summed E-state index contributed by atoms with van der Waals surface area (Å²) < 4.78 is 0. The van der Waals surface area contributed by atoms with Crippen molar-refractivity contribution in [2.24, 2.45) is 0 Å². The Kier molecular flexibility index (Phi) is 8.40. The minimum Gasteiger partial charge on any atom is -0.308 e. The molecule has 0 rings (SSSR count). The molecule has 1 unspecified atom stereocenters. The van der Waals surface area contributed by atoms with E-state index in [1.54, 1.807) is 0 Å². The smallest absolute Gasteiger partial charge is 0.0574 e. The molecular weight excluding hydrogens is 186 g/mol. The fourth-order valence-corrected chi connectivity index (χ4v) is 1.72. The van der Waals surface area contributed by atoms with Crippen LogP contribution < -0.4 is 5.32 Å². The zero-order chi connectivity index (χ0) is 11.7. The normalized spacial score (nSPS) is 13.1. The van der Waals surface area contributed by atoms with Crippen LogP contribution in [-0.2, 0) is 0 Å². The molecule has 0 heterocycles. The summed E-state index contributed by atoms with van der Waals surface area (Å²) in [6, 6.07) is 0.595. The van der Waals surface area contributed by atoms with E-state index >= 15 is 0 Å². The Morgan fingerprint density at radius 2 is 2.07 bits per heavy atom. The van der Waals surface area contributed by atoms with Crippen molar-refractivity contribution in [3.63, 3.8) is 0 Å². The Bertz CT molecular complexity index is 184. The SMILES string of the molecule is C#CCNCCN(CC)C(C)CN(C)C. The van der Waals surface area contributed by atoms with Gasteiger partial charge in [0.1, 0.15) is 0 Å². The van der Waals surface area contributed by atoms with Gasteiger partial charge in [-0.25, -0.2) is 0 Å². The molecule has 15 heavy (non-hydrogen) atoms. The monoisotopic (exact) mass is 211 g/mol. The van der Waals surface area contributed by atoms with Crippen LogP contribution in [0.4, 0.5) is 0 Å². The number of terminal acetylenes is 1. The first-order valence-electron chi connectivity index (χ1n) is 5.64. The van der Waals surface area contributed by atoms with Gasteiger partial charge in [-0.2, -0.15) is 0 Å². The van der Waals surface area contributed by atoms with Gasteiger partial charge in [-0.05, 0) is 27.6 Å². The highest BCUT2D eigenvalue weighted by Gasteiger charge is 2.11. The van der Waals surface area contributed by atoms with E-state index in [-0.39, 0.29) is 0 Å². The van der Waals surface area contributed by atoms with Crippen molar-refractivity contribution in [3.05, 3.63) is 0 Å². The van der Waals surface area contributed by atoms with Gasteiger partial charge in [-0.3, -0.25) is 4.90 Å². The molecule has 0 aromatic rings. The van der Waals surface area contributed by atoms with Crippen molar-refractivity contribution in [2.75, 3.05) is 46.8 Å². The highest BCUT2D eigenvalue weighted by molar-refractivity contribution is 4.86. The molecule has 0 aromatic carbocycles. The first kappa shape index (κ1) is 14.4. The molecule has 0 aliphatic carbocycles. The maximum Gasteiger partial charge on any atom is 0.0574 e. The third kappa shape index (κ3) is 7.38. The third-order valence-corrected chi connectivity index (χ3v) is 2.46. The fourth-order valence-electron chi connectivity index (χ4n) is 1.72. The van der Waals surface area contributed by atoms with Crippen molar-refractivity contribution < 1.29 is 0 Å². The summed E-state index contributed by atoms with van der Waals surface area (Å²) in [4.78, 5) is 4.69. The van der Waals surface area contributed by atoms with Crippen LogP contribution in [0.5, 0.6) is 0 Å². The molecule has 3 heteroatoms. The van der Waals surface area contributed by atoms with Crippen LogP contribution in [0.15, 0.2) is 0 Å². The maximum absolute atomic E-state index is 5.17. The lowest BCUT2D eigenvalue weighted by Gasteiger charge is -2.29. The molecule has 0 saturated carbocycles. The first-order chi connectivity index (χ1) is 7.11. The molecule has 0 saturated heterocycles. The van der Waals surface area contributed by atoms with Crippen molar-refractivity contribution in [2.45, 2.75) is 19.9 Å². The van der Waals surface area contributed by atoms with E-state index < -0.39 is 0 Å². The van der Waals surface area contributed by atoms with Crippen LogP contribution >= 0.6 is 0 Å². The predicted molar refractivity (Wildman–Crippen MR) is 67.0 cm³/mol. The Morgan fingerprint density at radius 3 is 2.53 bits per heavy atom. The van der Waals surface area contributed by atoms with Crippen LogP contribution in [0.25, 0.3) is 0 Å². The number of nitrogens with one attached hydrogen (secondary N) is 1. The average molecular weight is 211 g/mol. The minimum atomic E-state index is 0.595. The molecule has 3 nitrogen and oxygen atoms in total. The van der Waals surface area contributed by atoms with Crippen molar-refractivity contribution in [1.29, 1.82) is 0 Å². The zero-order valence-electron chi connectivity index (χ0n) is 10.6. The second-order valence-corrected chi connectivity index (χ2v) is 4.12. The topological polar surface area (TPSA) is 18.5 Å². The summed E-state index contributed by atoms with van der Waals surface area (Å²) in [5.41, 5.74) is 0. The Morgan fingerprint density at radius 1 is 1.40 bits per heavy atom. The van der Waals surface area contributed by atoms with Gasteiger partial charge in [0, 0.05) is 25.7 Å². The predicted octanol–water partition coefficient (Wildman–Crippen LogP) is 0.481. The maximum atomic E-state index is 5.17. The number of hydrogen-bond acceptors (Lipinski definition) is 3.